The van der Waals surface area contributed by atoms with Crippen molar-refractivity contribution in [2.75, 3.05) is 40.3 Å². The third kappa shape index (κ3) is 5.81. The van der Waals surface area contributed by atoms with Gasteiger partial charge in [0.15, 0.2) is 0 Å². The normalized spacial score (nSPS) is 20.0. The topological polar surface area (TPSA) is 31.7 Å². The third-order valence-corrected chi connectivity index (χ3v) is 4.07. The van der Waals surface area contributed by atoms with Gasteiger partial charge >= 0.3 is 0 Å². The van der Waals surface area contributed by atoms with Crippen LogP contribution in [0.3, 0.4) is 0 Å². The summed E-state index contributed by atoms with van der Waals surface area (Å²) in [7, 11) is 4.40. The van der Waals surface area contributed by atoms with Crippen molar-refractivity contribution in [3.8, 4) is 0 Å². The molecule has 1 unspecified atom stereocenters. The molecule has 1 fully saturated rings. The Morgan fingerprint density at radius 2 is 2.29 bits per heavy atom. The van der Waals surface area contributed by atoms with Crippen molar-refractivity contribution in [2.24, 2.45) is 11.8 Å². The highest BCUT2D eigenvalue weighted by atomic mass is 16.3. The fourth-order valence-electron chi connectivity index (χ4n) is 3.05. The van der Waals surface area contributed by atoms with Crippen LogP contribution in [0, 0.1) is 11.8 Å². The van der Waals surface area contributed by atoms with Crippen LogP contribution < -0.4 is 5.32 Å². The van der Waals surface area contributed by atoms with Crippen LogP contribution in [0.15, 0.2) is 16.7 Å². The van der Waals surface area contributed by atoms with Crippen LogP contribution in [-0.4, -0.2) is 50.1 Å². The van der Waals surface area contributed by atoms with Gasteiger partial charge < -0.3 is 14.6 Å². The number of furan rings is 1. The van der Waals surface area contributed by atoms with Gasteiger partial charge in [-0.15, -0.1) is 0 Å². The molecule has 1 aromatic rings. The van der Waals surface area contributed by atoms with E-state index in [1.165, 1.54) is 25.1 Å². The minimum absolute atomic E-state index is 0.687. The van der Waals surface area contributed by atoms with Crippen LogP contribution in [0.5, 0.6) is 0 Å². The molecule has 1 aliphatic heterocycles. The van der Waals surface area contributed by atoms with Gasteiger partial charge in [-0.2, -0.15) is 0 Å². The Kier molecular flexibility index (Phi) is 6.27. The molecule has 1 N–H and O–H groups in total. The van der Waals surface area contributed by atoms with E-state index in [4.69, 9.17) is 4.42 Å². The SMILES string of the molecule is CC(C)CNCc1coc(CN(C)CC2CCN(C)C2)c1. The van der Waals surface area contributed by atoms with Gasteiger partial charge in [0.1, 0.15) is 5.76 Å². The maximum absolute atomic E-state index is 5.69. The molecule has 1 saturated heterocycles. The summed E-state index contributed by atoms with van der Waals surface area (Å²) in [5.74, 6) is 2.57. The van der Waals surface area contributed by atoms with Crippen LogP contribution in [0.1, 0.15) is 31.6 Å². The zero-order chi connectivity index (χ0) is 15.2. The molecule has 0 saturated carbocycles. The smallest absolute Gasteiger partial charge is 0.118 e. The van der Waals surface area contributed by atoms with Gasteiger partial charge in [-0.05, 0) is 51.5 Å². The molecule has 1 aliphatic rings. The molecule has 0 bridgehead atoms. The number of hydrogen-bond donors (Lipinski definition) is 1. The second-order valence-corrected chi connectivity index (χ2v) is 7.06. The zero-order valence-electron chi connectivity index (χ0n) is 14.1. The van der Waals surface area contributed by atoms with E-state index in [1.807, 2.05) is 6.26 Å². The van der Waals surface area contributed by atoms with Gasteiger partial charge in [0.25, 0.3) is 0 Å². The van der Waals surface area contributed by atoms with E-state index in [1.54, 1.807) is 0 Å². The maximum Gasteiger partial charge on any atom is 0.118 e. The summed E-state index contributed by atoms with van der Waals surface area (Å²) in [5, 5.41) is 3.45. The molecule has 1 aromatic heterocycles. The van der Waals surface area contributed by atoms with E-state index < -0.39 is 0 Å². The zero-order valence-corrected chi connectivity index (χ0v) is 14.1. The van der Waals surface area contributed by atoms with Gasteiger partial charge in [-0.25, -0.2) is 0 Å². The number of hydrogen-bond acceptors (Lipinski definition) is 4. The molecule has 21 heavy (non-hydrogen) atoms. The molecule has 4 nitrogen and oxygen atoms in total. The fraction of sp³-hybridized carbons (Fsp3) is 0.765. The van der Waals surface area contributed by atoms with E-state index in [0.717, 1.165) is 37.9 Å². The first-order valence-corrected chi connectivity index (χ1v) is 8.17. The molecule has 0 radical (unpaired) electrons. The van der Waals surface area contributed by atoms with Gasteiger partial charge in [-0.1, -0.05) is 13.8 Å². The monoisotopic (exact) mass is 293 g/mol. The molecule has 2 heterocycles. The Balaban J connectivity index is 1.71. The summed E-state index contributed by atoms with van der Waals surface area (Å²) in [5.41, 5.74) is 1.25. The Morgan fingerprint density at radius 1 is 1.48 bits per heavy atom. The lowest BCUT2D eigenvalue weighted by atomic mass is 10.1. The summed E-state index contributed by atoms with van der Waals surface area (Å²) in [6.45, 7) is 10.9. The summed E-state index contributed by atoms with van der Waals surface area (Å²) >= 11 is 0. The average molecular weight is 293 g/mol. The molecule has 0 amide bonds. The van der Waals surface area contributed by atoms with E-state index >= 15 is 0 Å². The standard InChI is InChI=1S/C17H31N3O/c1-14(2)8-18-9-16-7-17(21-13-16)12-20(4)11-15-5-6-19(3)10-15/h7,13-15,18H,5-6,8-12H2,1-4H3. The molecular formula is C17H31N3O. The quantitative estimate of drug-likeness (QED) is 0.797. The lowest BCUT2D eigenvalue weighted by Crippen LogP contribution is -2.26. The second-order valence-electron chi connectivity index (χ2n) is 7.06. The fourth-order valence-corrected chi connectivity index (χ4v) is 3.05. The van der Waals surface area contributed by atoms with Crippen LogP contribution >= 0.6 is 0 Å². The van der Waals surface area contributed by atoms with E-state index in [2.05, 4.69) is 49.1 Å². The van der Waals surface area contributed by atoms with Gasteiger partial charge in [0.05, 0.1) is 12.8 Å². The Labute approximate surface area is 129 Å². The van der Waals surface area contributed by atoms with Crippen LogP contribution in [-0.2, 0) is 13.1 Å². The Hall–Kier alpha value is -0.840. The molecule has 120 valence electrons. The van der Waals surface area contributed by atoms with Crippen molar-refractivity contribution < 1.29 is 4.42 Å². The summed E-state index contributed by atoms with van der Waals surface area (Å²) in [6, 6.07) is 2.19. The number of nitrogens with zero attached hydrogens (tertiary/aromatic N) is 2. The predicted molar refractivity (Wildman–Crippen MR) is 87.2 cm³/mol. The highest BCUT2D eigenvalue weighted by Crippen LogP contribution is 2.17. The first-order chi connectivity index (χ1) is 10.0. The second kappa shape index (κ2) is 7.97. The van der Waals surface area contributed by atoms with E-state index in [9.17, 15) is 0 Å². The number of rotatable bonds is 8. The highest BCUT2D eigenvalue weighted by molar-refractivity contribution is 5.12. The van der Waals surface area contributed by atoms with Crippen molar-refractivity contribution in [3.63, 3.8) is 0 Å². The molecule has 0 aliphatic carbocycles. The van der Waals surface area contributed by atoms with Crippen molar-refractivity contribution in [1.82, 2.24) is 15.1 Å². The van der Waals surface area contributed by atoms with Crippen molar-refractivity contribution in [1.29, 1.82) is 0 Å². The number of nitrogens with one attached hydrogen (secondary N) is 1. The molecule has 2 rings (SSSR count). The van der Waals surface area contributed by atoms with Gasteiger partial charge in [0.2, 0.25) is 0 Å². The lowest BCUT2D eigenvalue weighted by Gasteiger charge is -2.19. The molecule has 4 heteroatoms. The third-order valence-electron chi connectivity index (χ3n) is 4.07. The summed E-state index contributed by atoms with van der Waals surface area (Å²) in [6.07, 6.45) is 3.21. The Bertz CT molecular complexity index is 416. The molecule has 0 spiro atoms. The first kappa shape index (κ1) is 16.5. The highest BCUT2D eigenvalue weighted by Gasteiger charge is 2.21. The molecule has 1 atom stereocenters. The molecule has 0 aromatic carbocycles. The summed E-state index contributed by atoms with van der Waals surface area (Å²) < 4.78 is 5.69. The minimum atomic E-state index is 0.687. The number of likely N-dealkylation sites (tertiary alicyclic amines) is 1. The van der Waals surface area contributed by atoms with Crippen molar-refractivity contribution >= 4 is 0 Å². The van der Waals surface area contributed by atoms with Gasteiger partial charge in [0, 0.05) is 25.2 Å². The van der Waals surface area contributed by atoms with Crippen molar-refractivity contribution in [3.05, 3.63) is 23.7 Å². The van der Waals surface area contributed by atoms with Gasteiger partial charge in [-0.3, -0.25) is 4.90 Å². The average Bonchev–Trinajstić information content (AvgIpc) is 2.98. The lowest BCUT2D eigenvalue weighted by molar-refractivity contribution is 0.249. The largest absolute Gasteiger partial charge is 0.468 e. The van der Waals surface area contributed by atoms with Crippen LogP contribution in [0.4, 0.5) is 0 Å². The first-order valence-electron chi connectivity index (χ1n) is 8.17. The minimum Gasteiger partial charge on any atom is -0.468 e. The Morgan fingerprint density at radius 3 is 2.95 bits per heavy atom. The van der Waals surface area contributed by atoms with E-state index in [0.29, 0.717) is 5.92 Å². The van der Waals surface area contributed by atoms with E-state index in [-0.39, 0.29) is 0 Å². The summed E-state index contributed by atoms with van der Waals surface area (Å²) in [4.78, 5) is 4.80. The predicted octanol–water partition coefficient (Wildman–Crippen LogP) is 2.41. The van der Waals surface area contributed by atoms with Crippen LogP contribution in [0.2, 0.25) is 0 Å². The van der Waals surface area contributed by atoms with Crippen molar-refractivity contribution in [2.45, 2.75) is 33.4 Å². The maximum atomic E-state index is 5.69. The van der Waals surface area contributed by atoms with Crippen LogP contribution in [0.25, 0.3) is 0 Å². The molecular weight excluding hydrogens is 262 g/mol.